The highest BCUT2D eigenvalue weighted by atomic mass is 35.5. The second kappa shape index (κ2) is 7.76. The number of anilines is 1. The van der Waals surface area contributed by atoms with E-state index in [-0.39, 0.29) is 22.7 Å². The highest BCUT2D eigenvalue weighted by molar-refractivity contribution is 6.29. The second-order valence-electron chi connectivity index (χ2n) is 8.10. The first kappa shape index (κ1) is 20.1. The molecule has 3 atom stereocenters. The van der Waals surface area contributed by atoms with Gasteiger partial charge in [-0.3, -0.25) is 14.9 Å². The van der Waals surface area contributed by atoms with E-state index in [0.717, 1.165) is 30.5 Å². The molecule has 2 aliphatic rings. The van der Waals surface area contributed by atoms with Crippen LogP contribution in [0.25, 0.3) is 0 Å². The predicted octanol–water partition coefficient (Wildman–Crippen LogP) is 4.23. The van der Waals surface area contributed by atoms with Crippen molar-refractivity contribution >= 4 is 28.9 Å². The maximum Gasteiger partial charge on any atom is 0.293 e. The Hall–Kier alpha value is -1.66. The van der Waals surface area contributed by atoms with Crippen molar-refractivity contribution in [1.82, 2.24) is 4.90 Å². The van der Waals surface area contributed by atoms with Crippen molar-refractivity contribution in [2.24, 2.45) is 5.92 Å². The fourth-order valence-electron chi connectivity index (χ4n) is 5.30. The Morgan fingerprint density at radius 3 is 2.81 bits per heavy atom. The van der Waals surface area contributed by atoms with Crippen LogP contribution in [0.2, 0.25) is 0 Å². The van der Waals surface area contributed by atoms with Gasteiger partial charge in [0.05, 0.1) is 4.92 Å². The van der Waals surface area contributed by atoms with E-state index in [1.165, 1.54) is 19.3 Å². The first-order valence-electron chi connectivity index (χ1n) is 9.65. The highest BCUT2D eigenvalue weighted by Gasteiger charge is 2.49. The third-order valence-corrected chi connectivity index (χ3v) is 7.00. The van der Waals surface area contributed by atoms with Crippen LogP contribution in [0.1, 0.15) is 50.2 Å². The maximum absolute atomic E-state index is 11.8. The molecule has 1 aromatic rings. The molecule has 3 unspecified atom stereocenters. The summed E-state index contributed by atoms with van der Waals surface area (Å²) >= 11 is 5.61. The van der Waals surface area contributed by atoms with Gasteiger partial charge in [0.2, 0.25) is 5.91 Å². The van der Waals surface area contributed by atoms with E-state index < -0.39 is 10.8 Å². The quantitative estimate of drug-likeness (QED) is 0.471. The van der Waals surface area contributed by atoms with Crippen molar-refractivity contribution < 1.29 is 9.72 Å². The van der Waals surface area contributed by atoms with Gasteiger partial charge in [-0.15, -0.1) is 11.6 Å². The van der Waals surface area contributed by atoms with E-state index in [1.54, 1.807) is 6.07 Å². The number of carbonyl (C=O) groups excluding carboxylic acids is 1. The Bertz CT molecular complexity index is 754. The van der Waals surface area contributed by atoms with Gasteiger partial charge in [0, 0.05) is 17.5 Å². The molecule has 1 aromatic carbocycles. The van der Waals surface area contributed by atoms with E-state index >= 15 is 0 Å². The van der Waals surface area contributed by atoms with Crippen molar-refractivity contribution in [3.63, 3.8) is 0 Å². The molecular weight excluding hydrogens is 366 g/mol. The number of benzene rings is 1. The summed E-state index contributed by atoms with van der Waals surface area (Å²) < 4.78 is 0. The third kappa shape index (κ3) is 3.57. The van der Waals surface area contributed by atoms with E-state index in [0.29, 0.717) is 12.0 Å². The van der Waals surface area contributed by atoms with E-state index in [2.05, 4.69) is 24.2 Å². The lowest BCUT2D eigenvalue weighted by molar-refractivity contribution is -0.384. The SMILES string of the molecule is Cc1cc([N+](=O)[O-])c(NC(=O)CCl)cc1C12CCCCC1C(C)N(C)CC2. The lowest BCUT2D eigenvalue weighted by Crippen LogP contribution is -2.55. The number of nitrogens with one attached hydrogen (secondary N) is 1. The highest BCUT2D eigenvalue weighted by Crippen LogP contribution is 2.52. The third-order valence-electron chi connectivity index (χ3n) is 6.76. The Labute approximate surface area is 165 Å². The number of carbonyl (C=O) groups is 1. The number of likely N-dealkylation sites (tertiary alicyclic amines) is 1. The van der Waals surface area contributed by atoms with Crippen LogP contribution in [0.4, 0.5) is 11.4 Å². The number of alkyl halides is 1. The first-order chi connectivity index (χ1) is 12.8. The number of piperidine rings is 1. The van der Waals surface area contributed by atoms with Crippen LogP contribution in [0.5, 0.6) is 0 Å². The van der Waals surface area contributed by atoms with Gasteiger partial charge < -0.3 is 10.2 Å². The van der Waals surface area contributed by atoms with Gasteiger partial charge in [-0.1, -0.05) is 12.8 Å². The van der Waals surface area contributed by atoms with Crippen molar-refractivity contribution in [2.45, 2.75) is 57.4 Å². The number of rotatable bonds is 4. The van der Waals surface area contributed by atoms with Gasteiger partial charge in [-0.25, -0.2) is 0 Å². The molecule has 7 heteroatoms. The number of nitro groups is 1. The van der Waals surface area contributed by atoms with Crippen LogP contribution < -0.4 is 5.32 Å². The standard InChI is InChI=1S/C20H28ClN3O3/c1-13-10-18(24(26)27)17(22-19(25)12-21)11-16(13)20-7-5-4-6-15(20)14(2)23(3)9-8-20/h10-11,14-15H,4-9,12H2,1-3H3,(H,22,25). The predicted molar refractivity (Wildman–Crippen MR) is 108 cm³/mol. The molecule has 0 radical (unpaired) electrons. The van der Waals surface area contributed by atoms with Gasteiger partial charge in [-0.2, -0.15) is 0 Å². The van der Waals surface area contributed by atoms with Crippen LogP contribution in [-0.4, -0.2) is 41.2 Å². The normalized spacial score (nSPS) is 28.4. The summed E-state index contributed by atoms with van der Waals surface area (Å²) in [6.45, 7) is 5.26. The molecule has 1 N–H and O–H groups in total. The topological polar surface area (TPSA) is 75.5 Å². The molecule has 1 saturated carbocycles. The van der Waals surface area contributed by atoms with Gasteiger partial charge in [0.15, 0.2) is 0 Å². The summed E-state index contributed by atoms with van der Waals surface area (Å²) in [4.78, 5) is 25.3. The van der Waals surface area contributed by atoms with Gasteiger partial charge in [0.25, 0.3) is 5.69 Å². The minimum Gasteiger partial charge on any atom is -0.319 e. The summed E-state index contributed by atoms with van der Waals surface area (Å²) in [6, 6.07) is 3.94. The van der Waals surface area contributed by atoms with Crippen LogP contribution in [0, 0.1) is 23.0 Å². The maximum atomic E-state index is 11.8. The fraction of sp³-hybridized carbons (Fsp3) is 0.650. The largest absolute Gasteiger partial charge is 0.319 e. The molecule has 0 spiro atoms. The molecule has 148 valence electrons. The monoisotopic (exact) mass is 393 g/mol. The van der Waals surface area contributed by atoms with Crippen molar-refractivity contribution in [3.8, 4) is 0 Å². The molecular formula is C20H28ClN3O3. The van der Waals surface area contributed by atoms with Crippen molar-refractivity contribution in [2.75, 3.05) is 24.8 Å². The molecule has 27 heavy (non-hydrogen) atoms. The number of nitrogens with zero attached hydrogens (tertiary/aromatic N) is 2. The number of halogens is 1. The zero-order valence-corrected chi connectivity index (χ0v) is 17.0. The second-order valence-corrected chi connectivity index (χ2v) is 8.37. The first-order valence-corrected chi connectivity index (χ1v) is 10.2. The zero-order valence-electron chi connectivity index (χ0n) is 16.3. The van der Waals surface area contributed by atoms with Crippen LogP contribution in [-0.2, 0) is 10.2 Å². The average Bonchev–Trinajstić information content (AvgIpc) is 2.65. The number of nitro benzene ring substituents is 1. The van der Waals surface area contributed by atoms with Crippen molar-refractivity contribution in [1.29, 1.82) is 0 Å². The molecule has 2 fully saturated rings. The average molecular weight is 394 g/mol. The molecule has 1 heterocycles. The molecule has 1 aliphatic heterocycles. The minimum absolute atomic E-state index is 0.0177. The Kier molecular flexibility index (Phi) is 5.77. The van der Waals surface area contributed by atoms with E-state index in [9.17, 15) is 14.9 Å². The van der Waals surface area contributed by atoms with Crippen molar-refractivity contribution in [3.05, 3.63) is 33.4 Å². The molecule has 1 saturated heterocycles. The molecule has 0 aromatic heterocycles. The Balaban J connectivity index is 2.12. The van der Waals surface area contributed by atoms with Crippen LogP contribution in [0.15, 0.2) is 12.1 Å². The lowest BCUT2D eigenvalue weighted by atomic mass is 9.56. The van der Waals surface area contributed by atoms with E-state index in [4.69, 9.17) is 11.6 Å². The van der Waals surface area contributed by atoms with Gasteiger partial charge in [-0.05, 0) is 69.8 Å². The summed E-state index contributed by atoms with van der Waals surface area (Å²) in [5.74, 6) is -0.138. The minimum atomic E-state index is -0.437. The summed E-state index contributed by atoms with van der Waals surface area (Å²) in [5, 5.41) is 14.2. The number of amides is 1. The lowest BCUT2D eigenvalue weighted by Gasteiger charge is -2.54. The van der Waals surface area contributed by atoms with Gasteiger partial charge in [0.1, 0.15) is 11.6 Å². The molecule has 1 aliphatic carbocycles. The van der Waals surface area contributed by atoms with Crippen LogP contribution >= 0.6 is 11.6 Å². The molecule has 1 amide bonds. The van der Waals surface area contributed by atoms with Gasteiger partial charge >= 0.3 is 0 Å². The molecule has 0 bridgehead atoms. The van der Waals surface area contributed by atoms with E-state index in [1.807, 2.05) is 13.0 Å². The molecule has 6 nitrogen and oxygen atoms in total. The zero-order chi connectivity index (χ0) is 19.8. The Morgan fingerprint density at radius 2 is 2.15 bits per heavy atom. The number of hydrogen-bond acceptors (Lipinski definition) is 4. The number of aryl methyl sites for hydroxylation is 1. The van der Waals surface area contributed by atoms with Crippen LogP contribution in [0.3, 0.4) is 0 Å². The fourth-order valence-corrected chi connectivity index (χ4v) is 5.37. The Morgan fingerprint density at radius 1 is 1.41 bits per heavy atom. The summed E-state index contributed by atoms with van der Waals surface area (Å²) in [7, 11) is 2.18. The summed E-state index contributed by atoms with van der Waals surface area (Å²) in [5.41, 5.74) is 2.30. The number of hydrogen-bond donors (Lipinski definition) is 1. The molecule has 3 rings (SSSR count). The summed E-state index contributed by atoms with van der Waals surface area (Å²) in [6.07, 6.45) is 5.71. The number of fused-ring (bicyclic) bond motifs is 1. The smallest absolute Gasteiger partial charge is 0.293 e.